The molecule has 1 saturated heterocycles. The molecule has 3 aromatic heterocycles. The Hall–Kier alpha value is -2.05. The van der Waals surface area contributed by atoms with Gasteiger partial charge in [0, 0.05) is 35.7 Å². The lowest BCUT2D eigenvalue weighted by atomic mass is 9.89. The fourth-order valence-corrected chi connectivity index (χ4v) is 4.70. The first-order chi connectivity index (χ1) is 12.1. The van der Waals surface area contributed by atoms with Crippen LogP contribution in [-0.2, 0) is 6.54 Å². The van der Waals surface area contributed by atoms with Crippen LogP contribution in [0.4, 0.5) is 4.79 Å². The Bertz CT molecular complexity index is 912. The van der Waals surface area contributed by atoms with E-state index in [1.54, 1.807) is 11.3 Å². The van der Waals surface area contributed by atoms with Crippen molar-refractivity contribution >= 4 is 39.9 Å². The van der Waals surface area contributed by atoms with Crippen LogP contribution in [0.15, 0.2) is 36.8 Å². The SMILES string of the molecule is O=C(O)N1CCC(c2cn(Cc3ccc(Cl)s3)c3cnccc23)CC1. The molecule has 1 amide bonds. The molecule has 1 aliphatic rings. The molecule has 5 nitrogen and oxygen atoms in total. The van der Waals surface area contributed by atoms with Gasteiger partial charge < -0.3 is 14.6 Å². The van der Waals surface area contributed by atoms with Gasteiger partial charge in [0.05, 0.1) is 22.6 Å². The van der Waals surface area contributed by atoms with Gasteiger partial charge in [0.15, 0.2) is 0 Å². The maximum absolute atomic E-state index is 11.1. The van der Waals surface area contributed by atoms with E-state index < -0.39 is 6.09 Å². The molecular weight excluding hydrogens is 358 g/mol. The third-order valence-corrected chi connectivity index (χ3v) is 6.09. The zero-order chi connectivity index (χ0) is 17.4. The summed E-state index contributed by atoms with van der Waals surface area (Å²) in [6.45, 7) is 1.96. The average Bonchev–Trinajstić information content (AvgIpc) is 3.19. The average molecular weight is 376 g/mol. The summed E-state index contributed by atoms with van der Waals surface area (Å²) < 4.78 is 3.02. The number of pyridine rings is 1. The molecule has 0 aromatic carbocycles. The van der Waals surface area contributed by atoms with Crippen molar-refractivity contribution in [3.05, 3.63) is 51.6 Å². The maximum atomic E-state index is 11.1. The molecule has 0 bridgehead atoms. The standard InChI is InChI=1S/C18H18ClN3O2S/c19-17-2-1-13(25-17)10-22-11-15(14-3-6-20-9-16(14)22)12-4-7-21(8-5-12)18(23)24/h1-3,6,9,11-12H,4-5,7-8,10H2,(H,23,24). The van der Waals surface area contributed by atoms with Crippen LogP contribution in [0.3, 0.4) is 0 Å². The molecule has 25 heavy (non-hydrogen) atoms. The van der Waals surface area contributed by atoms with Crippen molar-refractivity contribution in [1.82, 2.24) is 14.5 Å². The minimum absolute atomic E-state index is 0.383. The second-order valence-corrected chi connectivity index (χ2v) is 8.15. The summed E-state index contributed by atoms with van der Waals surface area (Å²) in [4.78, 5) is 18.1. The minimum atomic E-state index is -0.820. The number of thiophene rings is 1. The number of hydrogen-bond acceptors (Lipinski definition) is 3. The number of rotatable bonds is 3. The zero-order valence-corrected chi connectivity index (χ0v) is 15.1. The van der Waals surface area contributed by atoms with Crippen LogP contribution < -0.4 is 0 Å². The molecule has 7 heteroatoms. The van der Waals surface area contributed by atoms with Gasteiger partial charge in [-0.25, -0.2) is 4.79 Å². The number of fused-ring (bicyclic) bond motifs is 1. The number of amides is 1. The number of carbonyl (C=O) groups is 1. The van der Waals surface area contributed by atoms with E-state index in [0.717, 1.165) is 29.2 Å². The van der Waals surface area contributed by atoms with Crippen LogP contribution in [0.1, 0.15) is 29.2 Å². The second kappa shape index (κ2) is 6.69. The van der Waals surface area contributed by atoms with Crippen molar-refractivity contribution in [2.45, 2.75) is 25.3 Å². The summed E-state index contributed by atoms with van der Waals surface area (Å²) in [6.07, 6.45) is 6.84. The molecule has 4 rings (SSSR count). The third kappa shape index (κ3) is 3.24. The predicted octanol–water partition coefficient (Wildman–Crippen LogP) is 4.66. The van der Waals surface area contributed by atoms with E-state index in [1.165, 1.54) is 20.7 Å². The van der Waals surface area contributed by atoms with E-state index in [4.69, 9.17) is 16.7 Å². The van der Waals surface area contributed by atoms with Crippen molar-refractivity contribution in [2.75, 3.05) is 13.1 Å². The Morgan fingerprint density at radius 3 is 2.80 bits per heavy atom. The van der Waals surface area contributed by atoms with Gasteiger partial charge in [-0.3, -0.25) is 4.98 Å². The number of hydrogen-bond donors (Lipinski definition) is 1. The first-order valence-corrected chi connectivity index (χ1v) is 9.46. The summed E-state index contributed by atoms with van der Waals surface area (Å²) >= 11 is 7.65. The van der Waals surface area contributed by atoms with E-state index in [9.17, 15) is 4.79 Å². The van der Waals surface area contributed by atoms with Crippen molar-refractivity contribution in [2.24, 2.45) is 0 Å². The van der Waals surface area contributed by atoms with E-state index in [-0.39, 0.29) is 0 Å². The summed E-state index contributed by atoms with van der Waals surface area (Å²) in [5, 5.41) is 10.4. The molecule has 1 fully saturated rings. The minimum Gasteiger partial charge on any atom is -0.465 e. The molecule has 1 N–H and O–H groups in total. The lowest BCUT2D eigenvalue weighted by Gasteiger charge is -2.29. The van der Waals surface area contributed by atoms with Gasteiger partial charge in [0.2, 0.25) is 0 Å². The zero-order valence-electron chi connectivity index (χ0n) is 13.6. The van der Waals surface area contributed by atoms with E-state index in [2.05, 4.69) is 27.9 Å². The van der Waals surface area contributed by atoms with Crippen molar-refractivity contribution in [3.8, 4) is 0 Å². The molecule has 3 aromatic rings. The molecule has 0 radical (unpaired) electrons. The van der Waals surface area contributed by atoms with E-state index in [1.807, 2.05) is 18.5 Å². The highest BCUT2D eigenvalue weighted by atomic mass is 35.5. The summed E-state index contributed by atoms with van der Waals surface area (Å²) in [6, 6.07) is 6.04. The number of carboxylic acid groups (broad SMARTS) is 1. The van der Waals surface area contributed by atoms with Crippen molar-refractivity contribution in [3.63, 3.8) is 0 Å². The Kier molecular flexibility index (Phi) is 4.39. The predicted molar refractivity (Wildman–Crippen MR) is 99.7 cm³/mol. The Balaban J connectivity index is 1.64. The van der Waals surface area contributed by atoms with Crippen molar-refractivity contribution in [1.29, 1.82) is 0 Å². The van der Waals surface area contributed by atoms with Gasteiger partial charge in [-0.05, 0) is 42.5 Å². The summed E-state index contributed by atoms with van der Waals surface area (Å²) in [7, 11) is 0. The molecule has 0 spiro atoms. The van der Waals surface area contributed by atoms with Gasteiger partial charge >= 0.3 is 6.09 Å². The third-order valence-electron chi connectivity index (χ3n) is 4.88. The Labute approximate surface area is 154 Å². The van der Waals surface area contributed by atoms with Gasteiger partial charge in [0.25, 0.3) is 0 Å². The smallest absolute Gasteiger partial charge is 0.407 e. The van der Waals surface area contributed by atoms with E-state index in [0.29, 0.717) is 19.0 Å². The number of aromatic nitrogens is 2. The van der Waals surface area contributed by atoms with E-state index >= 15 is 0 Å². The maximum Gasteiger partial charge on any atom is 0.407 e. The highest BCUT2D eigenvalue weighted by Crippen LogP contribution is 2.35. The number of piperidine rings is 1. The van der Waals surface area contributed by atoms with Gasteiger partial charge in [-0.2, -0.15) is 0 Å². The lowest BCUT2D eigenvalue weighted by Crippen LogP contribution is -2.36. The highest BCUT2D eigenvalue weighted by Gasteiger charge is 2.26. The molecule has 0 atom stereocenters. The van der Waals surface area contributed by atoms with Crippen LogP contribution in [0, 0.1) is 0 Å². The molecule has 1 aliphatic heterocycles. The molecule has 0 unspecified atom stereocenters. The van der Waals surface area contributed by atoms with Crippen LogP contribution >= 0.6 is 22.9 Å². The second-order valence-electron chi connectivity index (χ2n) is 6.35. The molecule has 4 heterocycles. The molecular formula is C18H18ClN3O2S. The Morgan fingerprint density at radius 1 is 1.32 bits per heavy atom. The quantitative estimate of drug-likeness (QED) is 0.724. The lowest BCUT2D eigenvalue weighted by molar-refractivity contribution is 0.132. The fourth-order valence-electron chi connectivity index (χ4n) is 3.61. The van der Waals surface area contributed by atoms with Crippen LogP contribution in [0.25, 0.3) is 10.9 Å². The van der Waals surface area contributed by atoms with Crippen LogP contribution in [0.2, 0.25) is 4.34 Å². The van der Waals surface area contributed by atoms with Gasteiger partial charge in [-0.15, -0.1) is 11.3 Å². The summed E-state index contributed by atoms with van der Waals surface area (Å²) in [5.41, 5.74) is 2.41. The molecule has 0 saturated carbocycles. The first-order valence-electron chi connectivity index (χ1n) is 8.26. The number of likely N-dealkylation sites (tertiary alicyclic amines) is 1. The molecule has 130 valence electrons. The topological polar surface area (TPSA) is 58.4 Å². The van der Waals surface area contributed by atoms with Crippen molar-refractivity contribution < 1.29 is 9.90 Å². The Morgan fingerprint density at radius 2 is 2.12 bits per heavy atom. The number of nitrogens with zero attached hydrogens (tertiary/aromatic N) is 3. The highest BCUT2D eigenvalue weighted by molar-refractivity contribution is 7.16. The van der Waals surface area contributed by atoms with Crippen LogP contribution in [0.5, 0.6) is 0 Å². The van der Waals surface area contributed by atoms with Crippen LogP contribution in [-0.4, -0.2) is 38.7 Å². The van der Waals surface area contributed by atoms with Gasteiger partial charge in [0.1, 0.15) is 0 Å². The summed E-state index contributed by atoms with van der Waals surface area (Å²) in [5.74, 6) is 0.383. The fraction of sp³-hybridized carbons (Fsp3) is 0.333. The largest absolute Gasteiger partial charge is 0.465 e. The normalized spacial score (nSPS) is 15.8. The first kappa shape index (κ1) is 16.4. The monoisotopic (exact) mass is 375 g/mol. The number of halogens is 1. The van der Waals surface area contributed by atoms with Gasteiger partial charge in [-0.1, -0.05) is 11.6 Å². The molecule has 0 aliphatic carbocycles.